The molecule has 0 radical (unpaired) electrons. The summed E-state index contributed by atoms with van der Waals surface area (Å²) in [6.07, 6.45) is 0.659. The number of nitrogens with one attached hydrogen (secondary N) is 2. The molecule has 0 atom stereocenters. The molecule has 0 aliphatic rings. The Hall–Kier alpha value is -1.89. The standard InChI is InChI=1S/C13H14BrFN4O/c1-2-10-11(16)12(19-18-10)13(20)17-6-7-5-8(14)3-4-9(7)15/h3-5H,2,6,16H2,1H3,(H,17,20)(H,18,19). The fraction of sp³-hybridized carbons (Fsp3) is 0.231. The number of rotatable bonds is 4. The van der Waals surface area contributed by atoms with E-state index in [9.17, 15) is 9.18 Å². The van der Waals surface area contributed by atoms with E-state index in [-0.39, 0.29) is 18.1 Å². The second kappa shape index (κ2) is 6.04. The molecule has 2 aromatic rings. The minimum absolute atomic E-state index is 0.0673. The van der Waals surface area contributed by atoms with Crippen LogP contribution >= 0.6 is 15.9 Å². The predicted molar refractivity (Wildman–Crippen MR) is 77.6 cm³/mol. The fourth-order valence-electron chi connectivity index (χ4n) is 1.77. The SMILES string of the molecule is CCc1[nH]nc(C(=O)NCc2cc(Br)ccc2F)c1N. The molecule has 7 heteroatoms. The normalized spacial score (nSPS) is 10.6. The molecule has 5 nitrogen and oxygen atoms in total. The van der Waals surface area contributed by atoms with Gasteiger partial charge in [0.1, 0.15) is 5.82 Å². The Labute approximate surface area is 123 Å². The van der Waals surface area contributed by atoms with Crippen LogP contribution in [-0.4, -0.2) is 16.1 Å². The number of nitrogen functional groups attached to an aromatic ring is 1. The van der Waals surface area contributed by atoms with Gasteiger partial charge in [-0.25, -0.2) is 4.39 Å². The lowest BCUT2D eigenvalue weighted by molar-refractivity contribution is 0.0946. The van der Waals surface area contributed by atoms with E-state index >= 15 is 0 Å². The lowest BCUT2D eigenvalue weighted by Crippen LogP contribution is -2.24. The van der Waals surface area contributed by atoms with Crippen LogP contribution in [0.5, 0.6) is 0 Å². The maximum absolute atomic E-state index is 13.5. The molecule has 1 heterocycles. The van der Waals surface area contributed by atoms with Crippen molar-refractivity contribution in [3.05, 3.63) is 45.4 Å². The first-order chi connectivity index (χ1) is 9.52. The van der Waals surface area contributed by atoms with Gasteiger partial charge in [-0.05, 0) is 24.6 Å². The second-order valence-electron chi connectivity index (χ2n) is 4.24. The van der Waals surface area contributed by atoms with Crippen LogP contribution in [0.25, 0.3) is 0 Å². The Bertz CT molecular complexity index is 641. The van der Waals surface area contributed by atoms with Gasteiger partial charge in [-0.1, -0.05) is 22.9 Å². The molecule has 2 rings (SSSR count). The van der Waals surface area contributed by atoms with E-state index in [0.717, 1.165) is 4.47 Å². The second-order valence-corrected chi connectivity index (χ2v) is 5.15. The highest BCUT2D eigenvalue weighted by Gasteiger charge is 2.16. The number of halogens is 2. The number of hydrogen-bond donors (Lipinski definition) is 3. The minimum Gasteiger partial charge on any atom is -0.395 e. The van der Waals surface area contributed by atoms with Gasteiger partial charge in [0.25, 0.3) is 5.91 Å². The Morgan fingerprint density at radius 1 is 1.55 bits per heavy atom. The molecule has 0 fully saturated rings. The summed E-state index contributed by atoms with van der Waals surface area (Å²) in [5.74, 6) is -0.810. The van der Waals surface area contributed by atoms with Crippen molar-refractivity contribution in [2.75, 3.05) is 5.73 Å². The Morgan fingerprint density at radius 3 is 2.95 bits per heavy atom. The molecule has 0 aliphatic carbocycles. The lowest BCUT2D eigenvalue weighted by atomic mass is 10.2. The quantitative estimate of drug-likeness (QED) is 0.798. The molecule has 1 amide bonds. The lowest BCUT2D eigenvalue weighted by Gasteiger charge is -2.06. The highest BCUT2D eigenvalue weighted by atomic mass is 79.9. The summed E-state index contributed by atoms with van der Waals surface area (Å²) >= 11 is 3.26. The molecule has 1 aromatic carbocycles. The van der Waals surface area contributed by atoms with Crippen LogP contribution in [0.2, 0.25) is 0 Å². The van der Waals surface area contributed by atoms with Crippen LogP contribution in [0.15, 0.2) is 22.7 Å². The van der Waals surface area contributed by atoms with Crippen molar-refractivity contribution in [1.29, 1.82) is 0 Å². The van der Waals surface area contributed by atoms with Gasteiger partial charge in [0, 0.05) is 16.6 Å². The maximum atomic E-state index is 13.5. The van der Waals surface area contributed by atoms with Crippen molar-refractivity contribution < 1.29 is 9.18 Å². The Balaban J connectivity index is 2.08. The Kier molecular flexibility index (Phi) is 4.39. The van der Waals surface area contributed by atoms with Gasteiger partial charge in [0.2, 0.25) is 0 Å². The first-order valence-corrected chi connectivity index (χ1v) is 6.87. The number of H-pyrrole nitrogens is 1. The minimum atomic E-state index is -0.433. The number of aromatic amines is 1. The molecule has 0 bridgehead atoms. The first kappa shape index (κ1) is 14.5. The van der Waals surface area contributed by atoms with Gasteiger partial charge in [-0.3, -0.25) is 9.89 Å². The molecule has 0 saturated carbocycles. The molecule has 20 heavy (non-hydrogen) atoms. The highest BCUT2D eigenvalue weighted by molar-refractivity contribution is 9.10. The van der Waals surface area contributed by atoms with E-state index in [1.807, 2.05) is 6.92 Å². The average Bonchev–Trinajstić information content (AvgIpc) is 2.80. The van der Waals surface area contributed by atoms with E-state index in [1.165, 1.54) is 6.07 Å². The molecule has 0 unspecified atom stereocenters. The first-order valence-electron chi connectivity index (χ1n) is 6.07. The van der Waals surface area contributed by atoms with Crippen molar-refractivity contribution in [2.24, 2.45) is 0 Å². The summed E-state index contributed by atoms with van der Waals surface area (Å²) in [6, 6.07) is 4.55. The maximum Gasteiger partial charge on any atom is 0.274 e. The molecule has 0 saturated heterocycles. The van der Waals surface area contributed by atoms with Crippen LogP contribution in [0.1, 0.15) is 28.7 Å². The van der Waals surface area contributed by atoms with Gasteiger partial charge in [0.05, 0.1) is 11.4 Å². The van der Waals surface area contributed by atoms with Crippen molar-refractivity contribution in [3.63, 3.8) is 0 Å². The fourth-order valence-corrected chi connectivity index (χ4v) is 2.18. The average molecular weight is 341 g/mol. The van der Waals surface area contributed by atoms with E-state index < -0.39 is 5.91 Å². The van der Waals surface area contributed by atoms with E-state index in [1.54, 1.807) is 12.1 Å². The van der Waals surface area contributed by atoms with Gasteiger partial charge in [-0.15, -0.1) is 0 Å². The third kappa shape index (κ3) is 2.98. The highest BCUT2D eigenvalue weighted by Crippen LogP contribution is 2.17. The van der Waals surface area contributed by atoms with Crippen molar-refractivity contribution in [2.45, 2.75) is 19.9 Å². The third-order valence-corrected chi connectivity index (χ3v) is 3.39. The van der Waals surface area contributed by atoms with Gasteiger partial charge in [0.15, 0.2) is 5.69 Å². The van der Waals surface area contributed by atoms with Crippen LogP contribution in [0.4, 0.5) is 10.1 Å². The summed E-state index contributed by atoms with van der Waals surface area (Å²) in [4.78, 5) is 12.0. The van der Waals surface area contributed by atoms with Gasteiger partial charge < -0.3 is 11.1 Å². The summed E-state index contributed by atoms with van der Waals surface area (Å²) < 4.78 is 14.3. The van der Waals surface area contributed by atoms with Crippen molar-refractivity contribution >= 4 is 27.5 Å². The summed E-state index contributed by atoms with van der Waals surface area (Å²) in [5, 5.41) is 9.18. The number of nitrogens with two attached hydrogens (primary N) is 1. The molecule has 0 aliphatic heterocycles. The zero-order valence-electron chi connectivity index (χ0n) is 10.8. The van der Waals surface area contributed by atoms with E-state index in [2.05, 4.69) is 31.4 Å². The zero-order valence-corrected chi connectivity index (χ0v) is 12.4. The molecular weight excluding hydrogens is 327 g/mol. The number of benzene rings is 1. The number of hydrogen-bond acceptors (Lipinski definition) is 3. The van der Waals surface area contributed by atoms with E-state index in [0.29, 0.717) is 23.4 Å². The summed E-state index contributed by atoms with van der Waals surface area (Å²) in [5.41, 5.74) is 7.37. The van der Waals surface area contributed by atoms with Crippen molar-refractivity contribution in [1.82, 2.24) is 15.5 Å². The summed E-state index contributed by atoms with van der Waals surface area (Å²) in [7, 11) is 0. The molecule has 106 valence electrons. The topological polar surface area (TPSA) is 83.8 Å². The monoisotopic (exact) mass is 340 g/mol. The molecule has 4 N–H and O–H groups in total. The van der Waals surface area contributed by atoms with Crippen LogP contribution < -0.4 is 11.1 Å². The van der Waals surface area contributed by atoms with Gasteiger partial charge >= 0.3 is 0 Å². The van der Waals surface area contributed by atoms with Crippen LogP contribution in [0, 0.1) is 5.82 Å². The van der Waals surface area contributed by atoms with E-state index in [4.69, 9.17) is 5.73 Å². The Morgan fingerprint density at radius 2 is 2.30 bits per heavy atom. The molecule has 0 spiro atoms. The summed E-state index contributed by atoms with van der Waals surface area (Å²) in [6.45, 7) is 1.97. The smallest absolute Gasteiger partial charge is 0.274 e. The molecular formula is C13H14BrFN4O. The van der Waals surface area contributed by atoms with Crippen LogP contribution in [0.3, 0.4) is 0 Å². The van der Waals surface area contributed by atoms with Crippen molar-refractivity contribution in [3.8, 4) is 0 Å². The number of carbonyl (C=O) groups excluding carboxylic acids is 1. The largest absolute Gasteiger partial charge is 0.395 e. The number of carbonyl (C=O) groups is 1. The number of anilines is 1. The zero-order chi connectivity index (χ0) is 14.7. The molecule has 1 aromatic heterocycles. The number of nitrogens with zero attached hydrogens (tertiary/aromatic N) is 1. The van der Waals surface area contributed by atoms with Gasteiger partial charge in [-0.2, -0.15) is 5.10 Å². The number of amides is 1. The number of aromatic nitrogens is 2. The van der Waals surface area contributed by atoms with Crippen LogP contribution in [-0.2, 0) is 13.0 Å². The predicted octanol–water partition coefficient (Wildman–Crippen LogP) is 2.39. The third-order valence-electron chi connectivity index (χ3n) is 2.90. The number of aryl methyl sites for hydroxylation is 1.